The van der Waals surface area contributed by atoms with Crippen LogP contribution in [0.4, 0.5) is 5.88 Å². The Morgan fingerprint density at radius 1 is 1.12 bits per heavy atom. The van der Waals surface area contributed by atoms with Gasteiger partial charge in [-0.05, 0) is 45.2 Å². The van der Waals surface area contributed by atoms with E-state index in [2.05, 4.69) is 15.4 Å². The van der Waals surface area contributed by atoms with E-state index in [0.29, 0.717) is 0 Å². The van der Waals surface area contributed by atoms with Gasteiger partial charge in [0, 0.05) is 18.7 Å². The molecule has 2 aliphatic heterocycles. The van der Waals surface area contributed by atoms with Crippen molar-refractivity contribution in [3.05, 3.63) is 11.3 Å². The number of likely N-dealkylation sites (tertiary alicyclic amines) is 1. The minimum atomic E-state index is 0.925. The van der Waals surface area contributed by atoms with Gasteiger partial charge in [-0.2, -0.15) is 0 Å². The Bertz CT molecular complexity index is 369. The summed E-state index contributed by atoms with van der Waals surface area (Å²) in [5.41, 5.74) is 2.49. The smallest absolute Gasteiger partial charge is 0.228 e. The molecule has 1 aromatic rings. The van der Waals surface area contributed by atoms with Gasteiger partial charge in [0.2, 0.25) is 5.88 Å². The van der Waals surface area contributed by atoms with E-state index in [4.69, 9.17) is 4.52 Å². The van der Waals surface area contributed by atoms with Gasteiger partial charge in [0.1, 0.15) is 5.69 Å². The quantitative estimate of drug-likeness (QED) is 0.854. The van der Waals surface area contributed by atoms with E-state index in [1.807, 2.05) is 0 Å². The molecule has 0 unspecified atom stereocenters. The number of aromatic nitrogens is 1. The number of anilines is 1. The van der Waals surface area contributed by atoms with Crippen LogP contribution >= 0.6 is 0 Å². The van der Waals surface area contributed by atoms with Crippen molar-refractivity contribution in [1.82, 2.24) is 10.1 Å². The van der Waals surface area contributed by atoms with Gasteiger partial charge in [0.05, 0.1) is 0 Å². The molecule has 0 saturated carbocycles. The predicted molar refractivity (Wildman–Crippen MR) is 67.1 cm³/mol. The first kappa shape index (κ1) is 11.1. The maximum Gasteiger partial charge on any atom is 0.228 e. The van der Waals surface area contributed by atoms with Crippen LogP contribution in [0.2, 0.25) is 0 Å². The Labute approximate surface area is 102 Å². The fraction of sp³-hybridized carbons (Fsp3) is 0.769. The van der Waals surface area contributed by atoms with Gasteiger partial charge in [-0.25, -0.2) is 0 Å². The maximum atomic E-state index is 5.42. The van der Waals surface area contributed by atoms with E-state index in [1.165, 1.54) is 50.8 Å². The molecule has 0 amide bonds. The molecular weight excluding hydrogens is 214 g/mol. The number of hydrogen-bond donors (Lipinski definition) is 1. The van der Waals surface area contributed by atoms with E-state index in [1.54, 1.807) is 0 Å². The van der Waals surface area contributed by atoms with Gasteiger partial charge in [-0.1, -0.05) is 11.6 Å². The van der Waals surface area contributed by atoms with E-state index in [-0.39, 0.29) is 0 Å². The summed E-state index contributed by atoms with van der Waals surface area (Å²) in [5, 5.41) is 7.59. The molecule has 0 spiro atoms. The van der Waals surface area contributed by atoms with Crippen molar-refractivity contribution >= 4 is 5.88 Å². The zero-order chi connectivity index (χ0) is 11.5. The van der Waals surface area contributed by atoms with E-state index in [0.717, 1.165) is 31.1 Å². The van der Waals surface area contributed by atoms with Crippen molar-refractivity contribution < 1.29 is 4.52 Å². The van der Waals surface area contributed by atoms with Gasteiger partial charge in [0.15, 0.2) is 0 Å². The summed E-state index contributed by atoms with van der Waals surface area (Å²) in [4.78, 5) is 2.51. The fourth-order valence-electron chi connectivity index (χ4n) is 2.82. The number of piperidine rings is 1. The van der Waals surface area contributed by atoms with Crippen molar-refractivity contribution in [3.63, 3.8) is 0 Å². The first-order valence-electron chi connectivity index (χ1n) is 6.87. The molecule has 0 radical (unpaired) electrons. The molecule has 1 saturated heterocycles. The van der Waals surface area contributed by atoms with Crippen LogP contribution in [-0.2, 0) is 13.0 Å². The molecule has 0 atom stereocenters. The third kappa shape index (κ3) is 2.46. The van der Waals surface area contributed by atoms with Crippen LogP contribution in [0.1, 0.15) is 43.4 Å². The van der Waals surface area contributed by atoms with Crippen LogP contribution in [-0.4, -0.2) is 29.7 Å². The minimum absolute atomic E-state index is 0.925. The largest absolute Gasteiger partial charge is 0.354 e. The highest BCUT2D eigenvalue weighted by Gasteiger charge is 2.20. The standard InChI is InChI=1S/C13H21N3O/c1-4-8-16(9-5-1)10-12-11-6-2-3-7-14-13(11)17-15-12/h14H,1-10H2. The summed E-state index contributed by atoms with van der Waals surface area (Å²) < 4.78 is 5.42. The molecule has 4 nitrogen and oxygen atoms in total. The number of rotatable bonds is 2. The Hall–Kier alpha value is -1.03. The number of fused-ring (bicyclic) bond motifs is 1. The zero-order valence-corrected chi connectivity index (χ0v) is 10.4. The molecule has 94 valence electrons. The summed E-state index contributed by atoms with van der Waals surface area (Å²) >= 11 is 0. The predicted octanol–water partition coefficient (Wildman–Crippen LogP) is 2.41. The van der Waals surface area contributed by atoms with Crippen LogP contribution in [0.5, 0.6) is 0 Å². The average Bonchev–Trinajstić information content (AvgIpc) is 2.61. The molecule has 4 heteroatoms. The molecule has 17 heavy (non-hydrogen) atoms. The molecule has 3 rings (SSSR count). The lowest BCUT2D eigenvalue weighted by molar-refractivity contribution is 0.214. The van der Waals surface area contributed by atoms with Crippen LogP contribution in [0.25, 0.3) is 0 Å². The van der Waals surface area contributed by atoms with Crippen LogP contribution in [0.15, 0.2) is 4.52 Å². The second kappa shape index (κ2) is 5.08. The Morgan fingerprint density at radius 3 is 2.88 bits per heavy atom. The molecule has 1 aromatic heterocycles. The monoisotopic (exact) mass is 235 g/mol. The second-order valence-corrected chi connectivity index (χ2v) is 5.16. The fourth-order valence-corrected chi connectivity index (χ4v) is 2.82. The normalized spacial score (nSPS) is 21.6. The lowest BCUT2D eigenvalue weighted by atomic mass is 10.1. The molecule has 1 fully saturated rings. The van der Waals surface area contributed by atoms with Gasteiger partial charge in [-0.3, -0.25) is 4.90 Å². The zero-order valence-electron chi connectivity index (χ0n) is 10.4. The molecule has 1 N–H and O–H groups in total. The van der Waals surface area contributed by atoms with E-state index < -0.39 is 0 Å². The average molecular weight is 235 g/mol. The molecular formula is C13H21N3O. The van der Waals surface area contributed by atoms with E-state index >= 15 is 0 Å². The van der Waals surface area contributed by atoms with Crippen molar-refractivity contribution in [2.45, 2.75) is 45.1 Å². The molecule has 0 aromatic carbocycles. The number of nitrogens with zero attached hydrogens (tertiary/aromatic N) is 2. The molecule has 3 heterocycles. The van der Waals surface area contributed by atoms with E-state index in [9.17, 15) is 0 Å². The van der Waals surface area contributed by atoms with Crippen LogP contribution < -0.4 is 5.32 Å². The summed E-state index contributed by atoms with van der Waals surface area (Å²) in [6, 6.07) is 0. The highest BCUT2D eigenvalue weighted by Crippen LogP contribution is 2.26. The summed E-state index contributed by atoms with van der Waals surface area (Å²) in [7, 11) is 0. The highest BCUT2D eigenvalue weighted by molar-refractivity contribution is 5.44. The summed E-state index contributed by atoms with van der Waals surface area (Å²) in [6.45, 7) is 4.43. The molecule has 0 aliphatic carbocycles. The van der Waals surface area contributed by atoms with Gasteiger partial charge in [0.25, 0.3) is 0 Å². The Kier molecular flexibility index (Phi) is 3.31. The van der Waals surface area contributed by atoms with Crippen molar-refractivity contribution in [1.29, 1.82) is 0 Å². The Morgan fingerprint density at radius 2 is 2.00 bits per heavy atom. The first-order chi connectivity index (χ1) is 8.43. The lowest BCUT2D eigenvalue weighted by Gasteiger charge is -2.25. The van der Waals surface area contributed by atoms with Crippen molar-refractivity contribution in [2.75, 3.05) is 25.0 Å². The van der Waals surface area contributed by atoms with Crippen LogP contribution in [0, 0.1) is 0 Å². The third-order valence-corrected chi connectivity index (χ3v) is 3.83. The number of hydrogen-bond acceptors (Lipinski definition) is 4. The van der Waals surface area contributed by atoms with Crippen molar-refractivity contribution in [3.8, 4) is 0 Å². The second-order valence-electron chi connectivity index (χ2n) is 5.16. The molecule has 0 bridgehead atoms. The van der Waals surface area contributed by atoms with Gasteiger partial charge >= 0.3 is 0 Å². The lowest BCUT2D eigenvalue weighted by Crippen LogP contribution is -2.29. The SMILES string of the molecule is C1CCN(Cc2noc3c2CCCCN3)CC1. The summed E-state index contributed by atoms with van der Waals surface area (Å²) in [6.07, 6.45) is 7.64. The first-order valence-corrected chi connectivity index (χ1v) is 6.87. The molecule has 2 aliphatic rings. The highest BCUT2D eigenvalue weighted by atomic mass is 16.5. The number of nitrogens with one attached hydrogen (secondary N) is 1. The van der Waals surface area contributed by atoms with Gasteiger partial charge < -0.3 is 9.84 Å². The Balaban J connectivity index is 1.71. The minimum Gasteiger partial charge on any atom is -0.354 e. The van der Waals surface area contributed by atoms with Crippen LogP contribution in [0.3, 0.4) is 0 Å². The topological polar surface area (TPSA) is 41.3 Å². The summed E-state index contributed by atoms with van der Waals surface area (Å²) in [5.74, 6) is 0.925. The van der Waals surface area contributed by atoms with Gasteiger partial charge in [-0.15, -0.1) is 0 Å². The maximum absolute atomic E-state index is 5.42. The third-order valence-electron chi connectivity index (χ3n) is 3.83. The van der Waals surface area contributed by atoms with Crippen molar-refractivity contribution in [2.24, 2.45) is 0 Å².